The summed E-state index contributed by atoms with van der Waals surface area (Å²) in [4.78, 5) is 4.65. The lowest BCUT2D eigenvalue weighted by molar-refractivity contribution is 0.668. The SMILES string of the molecule is CCNC(=NCc1nnc2n1CCC2)NC(C)c1ccc(Cl)cc1Cl. The molecule has 0 radical (unpaired) electrons. The number of benzene rings is 1. The fourth-order valence-electron chi connectivity index (χ4n) is 2.93. The molecule has 0 bridgehead atoms. The molecule has 0 aliphatic carbocycles. The largest absolute Gasteiger partial charge is 0.357 e. The third-order valence-corrected chi connectivity index (χ3v) is 4.75. The number of rotatable bonds is 5. The van der Waals surface area contributed by atoms with Crippen LogP contribution in [-0.4, -0.2) is 27.3 Å². The van der Waals surface area contributed by atoms with Crippen molar-refractivity contribution in [3.8, 4) is 0 Å². The first kappa shape index (κ1) is 18.0. The van der Waals surface area contributed by atoms with Crippen molar-refractivity contribution in [2.45, 2.75) is 45.8 Å². The molecular formula is C17H22Cl2N6. The summed E-state index contributed by atoms with van der Waals surface area (Å²) in [7, 11) is 0. The van der Waals surface area contributed by atoms with E-state index in [-0.39, 0.29) is 6.04 Å². The number of guanidine groups is 1. The van der Waals surface area contributed by atoms with Gasteiger partial charge in [0.15, 0.2) is 11.8 Å². The van der Waals surface area contributed by atoms with Crippen molar-refractivity contribution in [3.63, 3.8) is 0 Å². The number of aromatic nitrogens is 3. The molecule has 1 aliphatic rings. The second-order valence-corrected chi connectivity index (χ2v) is 6.86. The van der Waals surface area contributed by atoms with E-state index in [4.69, 9.17) is 23.2 Å². The molecule has 8 heteroatoms. The van der Waals surface area contributed by atoms with Crippen LogP contribution in [0.3, 0.4) is 0 Å². The number of aryl methyl sites for hydroxylation is 1. The number of aliphatic imine (C=N–C) groups is 1. The Labute approximate surface area is 157 Å². The summed E-state index contributed by atoms with van der Waals surface area (Å²) < 4.78 is 2.16. The molecule has 2 heterocycles. The van der Waals surface area contributed by atoms with E-state index in [0.29, 0.717) is 16.6 Å². The van der Waals surface area contributed by atoms with Crippen LogP contribution in [0.15, 0.2) is 23.2 Å². The van der Waals surface area contributed by atoms with Crippen molar-refractivity contribution in [2.75, 3.05) is 6.54 Å². The van der Waals surface area contributed by atoms with E-state index in [9.17, 15) is 0 Å². The van der Waals surface area contributed by atoms with Gasteiger partial charge in [0.05, 0.1) is 6.04 Å². The van der Waals surface area contributed by atoms with E-state index in [1.807, 2.05) is 26.0 Å². The fourth-order valence-corrected chi connectivity index (χ4v) is 3.51. The van der Waals surface area contributed by atoms with Crippen LogP contribution in [0.4, 0.5) is 0 Å². The Morgan fingerprint density at radius 3 is 2.96 bits per heavy atom. The highest BCUT2D eigenvalue weighted by Crippen LogP contribution is 2.26. The third-order valence-electron chi connectivity index (χ3n) is 4.19. The first-order valence-electron chi connectivity index (χ1n) is 8.49. The standard InChI is InChI=1S/C17H22Cl2N6/c1-3-20-17(21-10-16-24-23-15-5-4-8-25(15)16)22-11(2)13-7-6-12(18)9-14(13)19/h6-7,9,11H,3-5,8,10H2,1-2H3,(H2,20,21,22). The minimum absolute atomic E-state index is 0.00770. The van der Waals surface area contributed by atoms with Gasteiger partial charge in [0.1, 0.15) is 12.4 Å². The Balaban J connectivity index is 1.71. The van der Waals surface area contributed by atoms with Gasteiger partial charge in [-0.1, -0.05) is 29.3 Å². The maximum atomic E-state index is 6.30. The molecule has 1 aromatic carbocycles. The molecule has 134 valence electrons. The van der Waals surface area contributed by atoms with Crippen molar-refractivity contribution < 1.29 is 0 Å². The average Bonchev–Trinajstić information content (AvgIpc) is 3.16. The lowest BCUT2D eigenvalue weighted by Crippen LogP contribution is -2.38. The van der Waals surface area contributed by atoms with Gasteiger partial charge in [-0.15, -0.1) is 10.2 Å². The molecule has 2 N–H and O–H groups in total. The molecule has 2 aromatic rings. The minimum Gasteiger partial charge on any atom is -0.357 e. The van der Waals surface area contributed by atoms with Gasteiger partial charge in [-0.3, -0.25) is 0 Å². The van der Waals surface area contributed by atoms with Crippen molar-refractivity contribution in [2.24, 2.45) is 4.99 Å². The molecule has 0 spiro atoms. The van der Waals surface area contributed by atoms with Crippen LogP contribution in [0.25, 0.3) is 0 Å². The van der Waals surface area contributed by atoms with Crippen LogP contribution in [0.2, 0.25) is 10.0 Å². The summed E-state index contributed by atoms with van der Waals surface area (Å²) in [5.74, 6) is 2.68. The lowest BCUT2D eigenvalue weighted by Gasteiger charge is -2.19. The van der Waals surface area contributed by atoms with E-state index >= 15 is 0 Å². The summed E-state index contributed by atoms with van der Waals surface area (Å²) in [6.07, 6.45) is 2.13. The predicted molar refractivity (Wildman–Crippen MR) is 101 cm³/mol. The van der Waals surface area contributed by atoms with Gasteiger partial charge in [0, 0.05) is 29.6 Å². The zero-order valence-corrected chi connectivity index (χ0v) is 15.9. The zero-order valence-electron chi connectivity index (χ0n) is 14.4. The molecular weight excluding hydrogens is 359 g/mol. The van der Waals surface area contributed by atoms with Crippen LogP contribution < -0.4 is 10.6 Å². The minimum atomic E-state index is -0.00770. The molecule has 6 nitrogen and oxygen atoms in total. The lowest BCUT2D eigenvalue weighted by atomic mass is 10.1. The van der Waals surface area contributed by atoms with Gasteiger partial charge in [-0.25, -0.2) is 4.99 Å². The van der Waals surface area contributed by atoms with Crippen LogP contribution in [0, 0.1) is 0 Å². The summed E-state index contributed by atoms with van der Waals surface area (Å²) in [6, 6.07) is 5.51. The van der Waals surface area contributed by atoms with Gasteiger partial charge < -0.3 is 15.2 Å². The number of halogens is 2. The molecule has 1 aliphatic heterocycles. The van der Waals surface area contributed by atoms with E-state index in [1.54, 1.807) is 6.07 Å². The number of fused-ring (bicyclic) bond motifs is 1. The highest BCUT2D eigenvalue weighted by Gasteiger charge is 2.17. The number of nitrogens with zero attached hydrogens (tertiary/aromatic N) is 4. The second kappa shape index (κ2) is 8.06. The van der Waals surface area contributed by atoms with Crippen molar-refractivity contribution in [1.29, 1.82) is 0 Å². The molecule has 0 amide bonds. The third kappa shape index (κ3) is 4.25. The van der Waals surface area contributed by atoms with Crippen LogP contribution in [-0.2, 0) is 19.5 Å². The molecule has 1 unspecified atom stereocenters. The van der Waals surface area contributed by atoms with Crippen molar-refractivity contribution >= 4 is 29.2 Å². The highest BCUT2D eigenvalue weighted by atomic mass is 35.5. The molecule has 1 aromatic heterocycles. The number of hydrogen-bond acceptors (Lipinski definition) is 3. The van der Waals surface area contributed by atoms with Gasteiger partial charge in [-0.2, -0.15) is 0 Å². The van der Waals surface area contributed by atoms with Crippen molar-refractivity contribution in [3.05, 3.63) is 45.5 Å². The Bertz CT molecular complexity index is 770. The number of nitrogens with one attached hydrogen (secondary N) is 2. The van der Waals surface area contributed by atoms with Crippen LogP contribution in [0.1, 0.15) is 43.5 Å². The van der Waals surface area contributed by atoms with Gasteiger partial charge >= 0.3 is 0 Å². The van der Waals surface area contributed by atoms with Crippen LogP contribution in [0.5, 0.6) is 0 Å². The first-order chi connectivity index (χ1) is 12.1. The van der Waals surface area contributed by atoms with Gasteiger partial charge in [-0.05, 0) is 38.0 Å². The normalized spacial score (nSPS) is 15.1. The summed E-state index contributed by atoms with van der Waals surface area (Å²) >= 11 is 12.3. The summed E-state index contributed by atoms with van der Waals surface area (Å²) in [6.45, 7) is 6.31. The molecule has 0 saturated heterocycles. The Morgan fingerprint density at radius 1 is 1.36 bits per heavy atom. The van der Waals surface area contributed by atoms with E-state index in [0.717, 1.165) is 49.1 Å². The summed E-state index contributed by atoms with van der Waals surface area (Å²) in [5, 5.41) is 16.4. The monoisotopic (exact) mass is 380 g/mol. The van der Waals surface area contributed by atoms with Gasteiger partial charge in [0.2, 0.25) is 0 Å². The highest BCUT2D eigenvalue weighted by molar-refractivity contribution is 6.35. The molecule has 3 rings (SSSR count). The smallest absolute Gasteiger partial charge is 0.192 e. The fraction of sp³-hybridized carbons (Fsp3) is 0.471. The van der Waals surface area contributed by atoms with E-state index in [2.05, 4.69) is 30.4 Å². The van der Waals surface area contributed by atoms with Gasteiger partial charge in [0.25, 0.3) is 0 Å². The molecule has 0 fully saturated rings. The first-order valence-corrected chi connectivity index (χ1v) is 9.24. The topological polar surface area (TPSA) is 67.1 Å². The molecule has 0 saturated carbocycles. The van der Waals surface area contributed by atoms with E-state index < -0.39 is 0 Å². The zero-order chi connectivity index (χ0) is 17.8. The van der Waals surface area contributed by atoms with Crippen molar-refractivity contribution in [1.82, 2.24) is 25.4 Å². The predicted octanol–water partition coefficient (Wildman–Crippen LogP) is 3.35. The van der Waals surface area contributed by atoms with Crippen LogP contribution >= 0.6 is 23.2 Å². The molecule has 1 atom stereocenters. The van der Waals surface area contributed by atoms with E-state index in [1.165, 1.54) is 0 Å². The quantitative estimate of drug-likeness (QED) is 0.616. The average molecular weight is 381 g/mol. The number of hydrogen-bond donors (Lipinski definition) is 2. The summed E-state index contributed by atoms with van der Waals surface area (Å²) in [5.41, 5.74) is 0.972. The second-order valence-electron chi connectivity index (χ2n) is 6.01. The molecule has 25 heavy (non-hydrogen) atoms. The maximum Gasteiger partial charge on any atom is 0.192 e. The Kier molecular flexibility index (Phi) is 5.81. The maximum absolute atomic E-state index is 6.30. The Morgan fingerprint density at radius 2 is 2.20 bits per heavy atom. The Hall–Kier alpha value is -1.79.